The van der Waals surface area contributed by atoms with Crippen LogP contribution in [0.1, 0.15) is 16.1 Å². The van der Waals surface area contributed by atoms with E-state index in [4.69, 9.17) is 0 Å². The quantitative estimate of drug-likeness (QED) is 0.874. The minimum atomic E-state index is -1.02. The number of aromatic nitrogens is 1. The maximum atomic E-state index is 12.9. The molecule has 0 unspecified atom stereocenters. The van der Waals surface area contributed by atoms with E-state index in [0.29, 0.717) is 5.69 Å². The van der Waals surface area contributed by atoms with Crippen molar-refractivity contribution >= 4 is 11.6 Å². The molecule has 0 spiro atoms. The average molecular weight is 238 g/mol. The molecule has 0 aliphatic rings. The first kappa shape index (κ1) is 11.3. The maximum Gasteiger partial charge on any atom is 0.260 e. The van der Waals surface area contributed by atoms with Gasteiger partial charge in [-0.2, -0.15) is 0 Å². The van der Waals surface area contributed by atoms with E-state index in [1.54, 1.807) is 6.92 Å². The fourth-order valence-electron chi connectivity index (χ4n) is 1.28. The molecule has 1 amide bonds. The summed E-state index contributed by atoms with van der Waals surface area (Å²) in [5.41, 5.74) is 0.828. The summed E-state index contributed by atoms with van der Waals surface area (Å²) in [7, 11) is 0. The Balaban J connectivity index is 2.19. The summed E-state index contributed by atoms with van der Waals surface area (Å²) in [6, 6.07) is 3.10. The van der Waals surface area contributed by atoms with E-state index in [1.165, 1.54) is 12.3 Å². The molecule has 2 aromatic rings. The zero-order chi connectivity index (χ0) is 12.4. The molecular formula is C11H8F2N2O2. The number of hydrogen-bond acceptors (Lipinski definition) is 3. The van der Waals surface area contributed by atoms with Gasteiger partial charge in [0.05, 0.1) is 5.69 Å². The SMILES string of the molecule is Cc1nocc1C(=O)Nc1ccc(F)c(F)c1. The predicted octanol–water partition coefficient (Wildman–Crippen LogP) is 2.51. The van der Waals surface area contributed by atoms with Crippen molar-refractivity contribution in [1.82, 2.24) is 5.16 Å². The van der Waals surface area contributed by atoms with Crippen LogP contribution in [-0.2, 0) is 0 Å². The van der Waals surface area contributed by atoms with Crippen LogP contribution in [0, 0.1) is 18.6 Å². The number of carbonyl (C=O) groups is 1. The molecule has 6 heteroatoms. The Kier molecular flexibility index (Phi) is 2.86. The monoisotopic (exact) mass is 238 g/mol. The van der Waals surface area contributed by atoms with Gasteiger partial charge in [-0.05, 0) is 19.1 Å². The van der Waals surface area contributed by atoms with Gasteiger partial charge in [0.25, 0.3) is 5.91 Å². The maximum absolute atomic E-state index is 12.9. The van der Waals surface area contributed by atoms with Gasteiger partial charge in [-0.3, -0.25) is 4.79 Å². The molecule has 0 fully saturated rings. The number of rotatable bonds is 2. The first-order valence-corrected chi connectivity index (χ1v) is 4.75. The summed E-state index contributed by atoms with van der Waals surface area (Å²) in [5.74, 6) is -2.48. The standard InChI is InChI=1S/C11H8F2N2O2/c1-6-8(5-17-15-6)11(16)14-7-2-3-9(12)10(13)4-7/h2-5H,1H3,(H,14,16). The van der Waals surface area contributed by atoms with Crippen molar-refractivity contribution in [1.29, 1.82) is 0 Å². The summed E-state index contributed by atoms with van der Waals surface area (Å²) in [6.07, 6.45) is 1.19. The molecule has 88 valence electrons. The van der Waals surface area contributed by atoms with Crippen LogP contribution in [0.25, 0.3) is 0 Å². The molecule has 0 saturated heterocycles. The molecule has 1 N–H and O–H groups in total. The Morgan fingerprint density at radius 2 is 2.12 bits per heavy atom. The Bertz CT molecular complexity index is 566. The van der Waals surface area contributed by atoms with Crippen molar-refractivity contribution in [2.75, 3.05) is 5.32 Å². The number of amides is 1. The van der Waals surface area contributed by atoms with E-state index in [2.05, 4.69) is 15.0 Å². The van der Waals surface area contributed by atoms with E-state index < -0.39 is 17.5 Å². The number of carbonyl (C=O) groups excluding carboxylic acids is 1. The van der Waals surface area contributed by atoms with Gasteiger partial charge in [0.2, 0.25) is 0 Å². The summed E-state index contributed by atoms with van der Waals surface area (Å²) < 4.78 is 30.2. The average Bonchev–Trinajstić information content (AvgIpc) is 2.70. The molecule has 0 atom stereocenters. The topological polar surface area (TPSA) is 55.1 Å². The second kappa shape index (κ2) is 4.32. The van der Waals surface area contributed by atoms with Crippen LogP contribution in [0.3, 0.4) is 0 Å². The normalized spacial score (nSPS) is 10.3. The van der Waals surface area contributed by atoms with Crippen LogP contribution < -0.4 is 5.32 Å². The molecule has 0 saturated carbocycles. The van der Waals surface area contributed by atoms with Gasteiger partial charge < -0.3 is 9.84 Å². The number of hydrogen-bond donors (Lipinski definition) is 1. The van der Waals surface area contributed by atoms with Gasteiger partial charge in [-0.15, -0.1) is 0 Å². The number of nitrogens with zero attached hydrogens (tertiary/aromatic N) is 1. The Morgan fingerprint density at radius 3 is 2.71 bits per heavy atom. The first-order chi connectivity index (χ1) is 8.08. The zero-order valence-corrected chi connectivity index (χ0v) is 8.83. The lowest BCUT2D eigenvalue weighted by atomic mass is 10.2. The van der Waals surface area contributed by atoms with Crippen molar-refractivity contribution in [3.63, 3.8) is 0 Å². The molecule has 0 aliphatic carbocycles. The van der Waals surface area contributed by atoms with E-state index in [0.717, 1.165) is 12.1 Å². The van der Waals surface area contributed by atoms with Crippen molar-refractivity contribution in [3.05, 3.63) is 47.4 Å². The molecule has 4 nitrogen and oxygen atoms in total. The molecular weight excluding hydrogens is 230 g/mol. The van der Waals surface area contributed by atoms with Crippen molar-refractivity contribution < 1.29 is 18.1 Å². The fourth-order valence-corrected chi connectivity index (χ4v) is 1.28. The van der Waals surface area contributed by atoms with E-state index in [-0.39, 0.29) is 11.3 Å². The minimum Gasteiger partial charge on any atom is -0.364 e. The minimum absolute atomic E-state index is 0.162. The largest absolute Gasteiger partial charge is 0.364 e. The lowest BCUT2D eigenvalue weighted by Crippen LogP contribution is -2.12. The van der Waals surface area contributed by atoms with Gasteiger partial charge in [0, 0.05) is 11.8 Å². The molecule has 0 aliphatic heterocycles. The fraction of sp³-hybridized carbons (Fsp3) is 0.0909. The second-order valence-electron chi connectivity index (χ2n) is 3.40. The lowest BCUT2D eigenvalue weighted by Gasteiger charge is -2.03. The third-order valence-corrected chi connectivity index (χ3v) is 2.17. The van der Waals surface area contributed by atoms with Gasteiger partial charge in [-0.1, -0.05) is 5.16 Å². The van der Waals surface area contributed by atoms with Crippen LogP contribution in [0.15, 0.2) is 29.0 Å². The Morgan fingerprint density at radius 1 is 1.35 bits per heavy atom. The third-order valence-electron chi connectivity index (χ3n) is 2.17. The molecule has 2 rings (SSSR count). The molecule has 0 bridgehead atoms. The molecule has 1 aromatic carbocycles. The van der Waals surface area contributed by atoms with E-state index >= 15 is 0 Å². The van der Waals surface area contributed by atoms with Gasteiger partial charge in [0.15, 0.2) is 11.6 Å². The summed E-state index contributed by atoms with van der Waals surface area (Å²) in [4.78, 5) is 11.7. The number of aryl methyl sites for hydroxylation is 1. The van der Waals surface area contributed by atoms with Crippen molar-refractivity contribution in [2.24, 2.45) is 0 Å². The number of halogens is 2. The molecule has 0 radical (unpaired) electrons. The zero-order valence-electron chi connectivity index (χ0n) is 8.83. The van der Waals surface area contributed by atoms with Gasteiger partial charge in [-0.25, -0.2) is 8.78 Å². The highest BCUT2D eigenvalue weighted by Gasteiger charge is 2.13. The summed E-state index contributed by atoms with van der Waals surface area (Å²) >= 11 is 0. The smallest absolute Gasteiger partial charge is 0.260 e. The summed E-state index contributed by atoms with van der Waals surface area (Å²) in [6.45, 7) is 1.60. The Labute approximate surface area is 95.2 Å². The number of nitrogens with one attached hydrogen (secondary N) is 1. The molecule has 1 aromatic heterocycles. The number of anilines is 1. The highest BCUT2D eigenvalue weighted by molar-refractivity contribution is 6.04. The lowest BCUT2D eigenvalue weighted by molar-refractivity contribution is 0.102. The van der Waals surface area contributed by atoms with Crippen LogP contribution in [0.2, 0.25) is 0 Å². The summed E-state index contributed by atoms with van der Waals surface area (Å²) in [5, 5.41) is 5.95. The highest BCUT2D eigenvalue weighted by atomic mass is 19.2. The number of benzene rings is 1. The highest BCUT2D eigenvalue weighted by Crippen LogP contribution is 2.15. The van der Waals surface area contributed by atoms with Gasteiger partial charge in [0.1, 0.15) is 11.8 Å². The van der Waals surface area contributed by atoms with Crippen LogP contribution in [0.4, 0.5) is 14.5 Å². The molecule has 17 heavy (non-hydrogen) atoms. The second-order valence-corrected chi connectivity index (χ2v) is 3.40. The third kappa shape index (κ3) is 2.30. The molecule has 1 heterocycles. The van der Waals surface area contributed by atoms with E-state index in [1.807, 2.05) is 0 Å². The Hall–Kier alpha value is -2.24. The van der Waals surface area contributed by atoms with Crippen LogP contribution in [0.5, 0.6) is 0 Å². The van der Waals surface area contributed by atoms with Crippen molar-refractivity contribution in [3.8, 4) is 0 Å². The van der Waals surface area contributed by atoms with Crippen molar-refractivity contribution in [2.45, 2.75) is 6.92 Å². The van der Waals surface area contributed by atoms with Gasteiger partial charge >= 0.3 is 0 Å². The van der Waals surface area contributed by atoms with E-state index in [9.17, 15) is 13.6 Å². The van der Waals surface area contributed by atoms with Crippen LogP contribution in [-0.4, -0.2) is 11.1 Å². The first-order valence-electron chi connectivity index (χ1n) is 4.75. The van der Waals surface area contributed by atoms with Crippen LogP contribution >= 0.6 is 0 Å². The predicted molar refractivity (Wildman–Crippen MR) is 55.6 cm³/mol.